The zero-order chi connectivity index (χ0) is 59.4. The van der Waals surface area contributed by atoms with Crippen LogP contribution < -0.4 is 21.2 Å². The highest BCUT2D eigenvalue weighted by atomic mass is 32.2. The quantitative estimate of drug-likeness (QED) is 0.0266. The van der Waals surface area contributed by atoms with Gasteiger partial charge < -0.3 is 0 Å². The van der Waals surface area contributed by atoms with Crippen LogP contribution in [0.4, 0.5) is 0 Å². The van der Waals surface area contributed by atoms with Crippen molar-refractivity contribution in [1.82, 2.24) is 0 Å². The molecule has 0 radical (unpaired) electrons. The number of benzene rings is 8. The fraction of sp³-hybridized carbons (Fsp3) is 0.262. The molecule has 0 saturated carbocycles. The molecule has 2 atom stereocenters. The Kier molecular flexibility index (Phi) is 21.7. The van der Waals surface area contributed by atoms with Crippen molar-refractivity contribution in [3.8, 4) is 0 Å². The van der Waals surface area contributed by atoms with E-state index < -0.39 is 56.3 Å². The van der Waals surface area contributed by atoms with Crippen LogP contribution in [0.2, 0.25) is 0 Å². The van der Waals surface area contributed by atoms with Crippen molar-refractivity contribution in [2.24, 2.45) is 0 Å². The van der Waals surface area contributed by atoms with E-state index in [-0.39, 0.29) is 30.9 Å². The highest BCUT2D eigenvalue weighted by Gasteiger charge is 2.28. The highest BCUT2D eigenvalue weighted by Crippen LogP contribution is 2.48. The molecule has 436 valence electrons. The summed E-state index contributed by atoms with van der Waals surface area (Å²) in [5.74, 6) is 0. The van der Waals surface area contributed by atoms with Crippen LogP contribution in [-0.2, 0) is 91.8 Å². The first-order valence-corrected chi connectivity index (χ1v) is 36.2. The molecule has 4 N–H and O–H groups in total. The lowest BCUT2D eigenvalue weighted by atomic mass is 10.0. The maximum atomic E-state index is 11.6. The van der Waals surface area contributed by atoms with Gasteiger partial charge in [-0.1, -0.05) is 159 Å². The molecule has 0 amide bonds. The summed E-state index contributed by atoms with van der Waals surface area (Å²) >= 11 is 0. The third kappa shape index (κ3) is 18.6. The van der Waals surface area contributed by atoms with Gasteiger partial charge >= 0.3 is 0 Å². The fourth-order valence-electron chi connectivity index (χ4n) is 10.6. The lowest BCUT2D eigenvalue weighted by molar-refractivity contribution is 0.481. The third-order valence-corrected chi connectivity index (χ3v) is 24.1. The van der Waals surface area contributed by atoms with Crippen LogP contribution >= 0.6 is 15.8 Å². The van der Waals surface area contributed by atoms with E-state index in [2.05, 4.69) is 111 Å². The van der Waals surface area contributed by atoms with E-state index in [0.29, 0.717) is 0 Å². The molecule has 0 heterocycles. The van der Waals surface area contributed by atoms with Gasteiger partial charge in [0.05, 0.1) is 19.6 Å². The molecule has 8 aromatic rings. The van der Waals surface area contributed by atoms with Crippen LogP contribution in [-0.4, -0.2) is 63.2 Å². The van der Waals surface area contributed by atoms with Gasteiger partial charge in [-0.05, 0) is 225 Å². The molecule has 0 aliphatic rings. The second-order valence-electron chi connectivity index (χ2n) is 21.2. The van der Waals surface area contributed by atoms with Gasteiger partial charge in [0.2, 0.25) is 0 Å². The van der Waals surface area contributed by atoms with E-state index >= 15 is 0 Å². The smallest absolute Gasteiger partial charge is 0.282 e. The largest absolute Gasteiger partial charge is 0.294 e. The molecule has 83 heavy (non-hydrogen) atoms. The molecule has 8 rings (SSSR count). The molecule has 0 aliphatic heterocycles. The maximum absolute atomic E-state index is 11.6. The van der Waals surface area contributed by atoms with Gasteiger partial charge in [0, 0.05) is 0 Å². The number of hydrogen-bond acceptors (Lipinski definition) is 8. The summed E-state index contributed by atoms with van der Waals surface area (Å²) in [6.07, 6.45) is 10.8. The average Bonchev–Trinajstić information content (AvgIpc) is 3.48. The van der Waals surface area contributed by atoms with Crippen LogP contribution in [0.15, 0.2) is 214 Å². The number of hydrogen-bond donors (Lipinski definition) is 4. The first-order chi connectivity index (χ1) is 39.5. The first-order valence-electron chi connectivity index (χ1n) is 27.7. The lowest BCUT2D eigenvalue weighted by Gasteiger charge is -2.32. The van der Waals surface area contributed by atoms with Gasteiger partial charge in [0.15, 0.2) is 0 Å². The van der Waals surface area contributed by atoms with E-state index in [4.69, 9.17) is 0 Å². The Hall–Kier alpha value is -5.74. The lowest BCUT2D eigenvalue weighted by Crippen LogP contribution is -2.26. The Labute approximate surface area is 493 Å². The van der Waals surface area contributed by atoms with Crippen molar-refractivity contribution in [3.63, 3.8) is 0 Å². The zero-order valence-corrected chi connectivity index (χ0v) is 51.5. The van der Waals surface area contributed by atoms with Gasteiger partial charge in [-0.2, -0.15) is 33.7 Å². The van der Waals surface area contributed by atoms with E-state index in [1.165, 1.54) is 92.0 Å². The fourth-order valence-corrected chi connectivity index (χ4v) is 18.3. The standard InChI is InChI=1S/C65H70O12P2S4/c1-48(78(58-31-15-50(16-32-58)7-3-11-54-23-39-62(40-24-54)80(66,67)68)59-33-17-51(18-34-59)8-4-12-55-25-41-63(42-26-55)81(69,70)71)47-49(2)79(60-35-19-52(20-36-60)9-5-13-56-27-43-64(44-28-56)82(72,73)74)61-37-21-53(22-38-61)10-6-14-57-29-45-65(46-30-57)83(75,76)77/h15-46,48-49H,3-14,47H2,1-2H3,(H,66,67,68)(H,69,70,71)(H,72,73,74)(H,75,76,77). The normalized spacial score (nSPS) is 13.1. The monoisotopic (exact) mass is 1230 g/mol. The highest BCUT2D eigenvalue weighted by molar-refractivity contribution is 7.86. The van der Waals surface area contributed by atoms with Gasteiger partial charge in [0.1, 0.15) is 0 Å². The van der Waals surface area contributed by atoms with Gasteiger partial charge in [-0.15, -0.1) is 0 Å². The van der Waals surface area contributed by atoms with Crippen molar-refractivity contribution in [2.45, 2.75) is 128 Å². The van der Waals surface area contributed by atoms with E-state index in [9.17, 15) is 51.9 Å². The molecular formula is C65H70O12P2S4. The molecule has 0 saturated heterocycles. The Morgan fingerprint density at radius 3 is 0.554 bits per heavy atom. The average molecular weight is 1230 g/mol. The Balaban J connectivity index is 1.01. The van der Waals surface area contributed by atoms with Crippen molar-refractivity contribution >= 4 is 77.5 Å². The molecule has 8 aromatic carbocycles. The molecule has 12 nitrogen and oxygen atoms in total. The van der Waals surface area contributed by atoms with Gasteiger partial charge in [-0.25, -0.2) is 0 Å². The molecule has 0 spiro atoms. The predicted octanol–water partition coefficient (Wildman–Crippen LogP) is 12.1. The topological polar surface area (TPSA) is 217 Å². The van der Waals surface area contributed by atoms with Crippen molar-refractivity contribution in [3.05, 3.63) is 239 Å². The minimum absolute atomic E-state index is 0.120. The maximum Gasteiger partial charge on any atom is 0.294 e. The van der Waals surface area contributed by atoms with Gasteiger partial charge in [0.25, 0.3) is 40.5 Å². The summed E-state index contributed by atoms with van der Waals surface area (Å²) in [4.78, 5) is -0.479. The van der Waals surface area contributed by atoms with Crippen LogP contribution in [0.3, 0.4) is 0 Å². The molecule has 0 bridgehead atoms. The van der Waals surface area contributed by atoms with E-state index in [1.807, 2.05) is 0 Å². The Bertz CT molecular complexity index is 3360. The Morgan fingerprint density at radius 1 is 0.265 bits per heavy atom. The molecule has 2 unspecified atom stereocenters. The molecule has 0 aromatic heterocycles. The predicted molar refractivity (Wildman–Crippen MR) is 335 cm³/mol. The summed E-state index contributed by atoms with van der Waals surface area (Å²) in [7, 11) is -18.7. The summed E-state index contributed by atoms with van der Waals surface area (Å²) in [5, 5.41) is 5.14. The summed E-state index contributed by atoms with van der Waals surface area (Å²) < 4.78 is 130. The zero-order valence-electron chi connectivity index (χ0n) is 46.4. The second-order valence-corrected chi connectivity index (χ2v) is 32.2. The minimum Gasteiger partial charge on any atom is -0.282 e. The van der Waals surface area contributed by atoms with Gasteiger partial charge in [-0.3, -0.25) is 18.2 Å². The summed E-state index contributed by atoms with van der Waals surface area (Å²) in [6.45, 7) is 4.77. The van der Waals surface area contributed by atoms with Crippen LogP contribution in [0.1, 0.15) is 90.5 Å². The van der Waals surface area contributed by atoms with Crippen molar-refractivity contribution < 1.29 is 51.9 Å². The molecular weight excluding hydrogens is 1160 g/mol. The third-order valence-electron chi connectivity index (χ3n) is 15.0. The molecule has 0 fully saturated rings. The number of aryl methyl sites for hydroxylation is 8. The first kappa shape index (κ1) is 63.3. The number of rotatable bonds is 28. The summed E-state index contributed by atoms with van der Waals surface area (Å²) in [5.41, 5.74) is 9.36. The SMILES string of the molecule is CC(CC(C)P(c1ccc(CCCc2ccc(S(=O)(=O)O)cc2)cc1)c1ccc(CCCc2ccc(S(=O)(=O)O)cc2)cc1)P(c1ccc(CCCc2ccc(S(=O)(=O)O)cc2)cc1)c1ccc(CCCc2ccc(S(=O)(=O)O)cc2)cc1. The minimum atomic E-state index is -4.26. The van der Waals surface area contributed by atoms with E-state index in [0.717, 1.165) is 106 Å². The Morgan fingerprint density at radius 2 is 0.410 bits per heavy atom. The summed E-state index contributed by atoms with van der Waals surface area (Å²) in [6, 6.07) is 61.5. The van der Waals surface area contributed by atoms with Crippen LogP contribution in [0.25, 0.3) is 0 Å². The van der Waals surface area contributed by atoms with E-state index in [1.54, 1.807) is 48.5 Å². The van der Waals surface area contributed by atoms with Crippen LogP contribution in [0.5, 0.6) is 0 Å². The molecule has 0 aliphatic carbocycles. The van der Waals surface area contributed by atoms with Crippen molar-refractivity contribution in [2.75, 3.05) is 0 Å². The van der Waals surface area contributed by atoms with Crippen LogP contribution in [0, 0.1) is 0 Å². The molecule has 18 heteroatoms. The van der Waals surface area contributed by atoms with Crippen molar-refractivity contribution in [1.29, 1.82) is 0 Å². The second kappa shape index (κ2) is 28.4.